The normalized spacial score (nSPS) is 15.8. The summed E-state index contributed by atoms with van der Waals surface area (Å²) in [5.41, 5.74) is 3.47. The second kappa shape index (κ2) is 9.17. The number of methoxy groups -OCH3 is 1. The number of benzene rings is 1. The lowest BCUT2D eigenvalue weighted by Crippen LogP contribution is -2.47. The lowest BCUT2D eigenvalue weighted by Gasteiger charge is -2.37. The molecule has 0 unspecified atom stereocenters. The SMILES string of the molecule is C=CCN(CC(=O)N1CCc2sccc2[C@@H]1c1ccc(C)cc1)C(=O)COC. The van der Waals surface area contributed by atoms with Gasteiger partial charge in [0.25, 0.3) is 0 Å². The first-order chi connectivity index (χ1) is 13.5. The van der Waals surface area contributed by atoms with Crippen molar-refractivity contribution >= 4 is 23.2 Å². The molecule has 1 aliphatic rings. The van der Waals surface area contributed by atoms with E-state index in [-0.39, 0.29) is 31.0 Å². The Morgan fingerprint density at radius 2 is 2.07 bits per heavy atom. The topological polar surface area (TPSA) is 49.9 Å². The molecule has 0 radical (unpaired) electrons. The van der Waals surface area contributed by atoms with Gasteiger partial charge in [0.05, 0.1) is 6.04 Å². The fourth-order valence-corrected chi connectivity index (χ4v) is 4.48. The number of nitrogens with zero attached hydrogens (tertiary/aromatic N) is 2. The number of carbonyl (C=O) groups is 2. The highest BCUT2D eigenvalue weighted by Crippen LogP contribution is 2.37. The van der Waals surface area contributed by atoms with Crippen molar-refractivity contribution in [2.75, 3.05) is 33.4 Å². The zero-order chi connectivity index (χ0) is 20.1. The van der Waals surface area contributed by atoms with E-state index in [1.165, 1.54) is 28.0 Å². The van der Waals surface area contributed by atoms with E-state index in [4.69, 9.17) is 4.74 Å². The van der Waals surface area contributed by atoms with Crippen molar-refractivity contribution in [3.8, 4) is 0 Å². The maximum atomic E-state index is 13.2. The summed E-state index contributed by atoms with van der Waals surface area (Å²) in [4.78, 5) is 30.2. The predicted molar refractivity (Wildman–Crippen MR) is 111 cm³/mol. The largest absolute Gasteiger partial charge is 0.375 e. The monoisotopic (exact) mass is 398 g/mol. The first kappa shape index (κ1) is 20.3. The zero-order valence-corrected chi connectivity index (χ0v) is 17.2. The Bertz CT molecular complexity index is 844. The minimum atomic E-state index is -0.212. The molecule has 1 aromatic carbocycles. The number of ether oxygens (including phenoxy) is 1. The zero-order valence-electron chi connectivity index (χ0n) is 16.4. The number of thiophene rings is 1. The molecule has 0 saturated heterocycles. The Hall–Kier alpha value is -2.44. The maximum Gasteiger partial charge on any atom is 0.249 e. The molecule has 3 rings (SSSR count). The molecule has 0 spiro atoms. The standard InChI is InChI=1S/C22H26N2O3S/c1-4-11-23(21(26)15-27-3)14-20(25)24-12-9-19-18(10-13-28-19)22(24)17-7-5-16(2)6-8-17/h4-8,10,13,22H,1,9,11-12,14-15H2,2-3H3/t22-/m0/s1. The van der Waals surface area contributed by atoms with Crippen LogP contribution in [0.15, 0.2) is 48.4 Å². The van der Waals surface area contributed by atoms with E-state index < -0.39 is 0 Å². The number of carbonyl (C=O) groups excluding carboxylic acids is 2. The number of fused-ring (bicyclic) bond motifs is 1. The van der Waals surface area contributed by atoms with E-state index in [0.717, 1.165) is 12.0 Å². The van der Waals surface area contributed by atoms with Gasteiger partial charge in [-0.05, 0) is 35.9 Å². The van der Waals surface area contributed by atoms with Crippen molar-refractivity contribution in [2.24, 2.45) is 0 Å². The highest BCUT2D eigenvalue weighted by atomic mass is 32.1. The van der Waals surface area contributed by atoms with E-state index >= 15 is 0 Å². The summed E-state index contributed by atoms with van der Waals surface area (Å²) >= 11 is 1.74. The predicted octanol–water partition coefficient (Wildman–Crippen LogP) is 3.19. The summed E-state index contributed by atoms with van der Waals surface area (Å²) in [5, 5.41) is 2.09. The molecule has 0 aliphatic carbocycles. The van der Waals surface area contributed by atoms with E-state index in [0.29, 0.717) is 13.1 Å². The fourth-order valence-electron chi connectivity index (χ4n) is 3.57. The van der Waals surface area contributed by atoms with Gasteiger partial charge in [-0.15, -0.1) is 17.9 Å². The summed E-state index contributed by atoms with van der Waals surface area (Å²) in [5.74, 6) is -0.274. The van der Waals surface area contributed by atoms with Gasteiger partial charge in [-0.1, -0.05) is 35.9 Å². The van der Waals surface area contributed by atoms with Crippen LogP contribution in [0.25, 0.3) is 0 Å². The van der Waals surface area contributed by atoms with Crippen LogP contribution in [-0.2, 0) is 20.7 Å². The molecule has 5 nitrogen and oxygen atoms in total. The number of rotatable bonds is 7. The summed E-state index contributed by atoms with van der Waals surface area (Å²) < 4.78 is 4.95. The summed E-state index contributed by atoms with van der Waals surface area (Å²) in [6.07, 6.45) is 2.47. The number of amides is 2. The minimum Gasteiger partial charge on any atom is -0.375 e. The van der Waals surface area contributed by atoms with Crippen LogP contribution >= 0.6 is 11.3 Å². The second-order valence-corrected chi connectivity index (χ2v) is 7.95. The van der Waals surface area contributed by atoms with Crippen molar-refractivity contribution in [3.63, 3.8) is 0 Å². The average molecular weight is 399 g/mol. The lowest BCUT2D eigenvalue weighted by atomic mass is 9.92. The first-order valence-electron chi connectivity index (χ1n) is 9.35. The van der Waals surface area contributed by atoms with Gasteiger partial charge in [0, 0.05) is 25.1 Å². The van der Waals surface area contributed by atoms with Crippen LogP contribution in [0.2, 0.25) is 0 Å². The maximum absolute atomic E-state index is 13.2. The molecule has 2 amide bonds. The van der Waals surface area contributed by atoms with Gasteiger partial charge in [0.2, 0.25) is 11.8 Å². The second-order valence-electron chi connectivity index (χ2n) is 6.95. The Balaban J connectivity index is 1.87. The summed E-state index contributed by atoms with van der Waals surface area (Å²) in [7, 11) is 1.47. The Kier molecular flexibility index (Phi) is 6.65. The molecule has 0 bridgehead atoms. The van der Waals surface area contributed by atoms with Crippen LogP contribution in [0.4, 0.5) is 0 Å². The van der Waals surface area contributed by atoms with Crippen LogP contribution in [0, 0.1) is 6.92 Å². The van der Waals surface area contributed by atoms with Crippen LogP contribution in [0.5, 0.6) is 0 Å². The molecule has 1 aromatic heterocycles. The van der Waals surface area contributed by atoms with Crippen molar-refractivity contribution in [3.05, 3.63) is 69.9 Å². The number of hydrogen-bond donors (Lipinski definition) is 0. The molecule has 2 aromatic rings. The molecule has 0 N–H and O–H groups in total. The summed E-state index contributed by atoms with van der Waals surface area (Å²) in [6, 6.07) is 10.3. The van der Waals surface area contributed by atoms with Crippen LogP contribution < -0.4 is 0 Å². The fraction of sp³-hybridized carbons (Fsp3) is 0.364. The minimum absolute atomic E-state index is 0.0239. The van der Waals surface area contributed by atoms with E-state index in [9.17, 15) is 9.59 Å². The quantitative estimate of drug-likeness (QED) is 0.673. The Labute approximate surface area is 170 Å². The van der Waals surface area contributed by atoms with E-state index in [2.05, 4.69) is 49.2 Å². The third kappa shape index (κ3) is 4.34. The molecular weight excluding hydrogens is 372 g/mol. The van der Waals surface area contributed by atoms with Gasteiger partial charge in [-0.2, -0.15) is 0 Å². The van der Waals surface area contributed by atoms with Gasteiger partial charge >= 0.3 is 0 Å². The Morgan fingerprint density at radius 1 is 1.32 bits per heavy atom. The van der Waals surface area contributed by atoms with Gasteiger partial charge in [0.15, 0.2) is 0 Å². The van der Waals surface area contributed by atoms with Crippen LogP contribution in [0.1, 0.15) is 27.6 Å². The van der Waals surface area contributed by atoms with Crippen molar-refractivity contribution in [1.82, 2.24) is 9.80 Å². The smallest absolute Gasteiger partial charge is 0.249 e. The van der Waals surface area contributed by atoms with Crippen LogP contribution in [0.3, 0.4) is 0 Å². The van der Waals surface area contributed by atoms with Crippen molar-refractivity contribution < 1.29 is 14.3 Å². The molecule has 1 atom stereocenters. The molecule has 28 heavy (non-hydrogen) atoms. The molecule has 2 heterocycles. The van der Waals surface area contributed by atoms with Gasteiger partial charge in [0.1, 0.15) is 13.2 Å². The molecular formula is C22H26N2O3S. The number of aryl methyl sites for hydroxylation is 1. The van der Waals surface area contributed by atoms with Gasteiger partial charge < -0.3 is 14.5 Å². The van der Waals surface area contributed by atoms with Crippen LogP contribution in [-0.4, -0.2) is 55.0 Å². The van der Waals surface area contributed by atoms with Crippen molar-refractivity contribution in [1.29, 1.82) is 0 Å². The van der Waals surface area contributed by atoms with E-state index in [1.807, 2.05) is 4.90 Å². The number of hydrogen-bond acceptors (Lipinski definition) is 4. The van der Waals surface area contributed by atoms with Gasteiger partial charge in [-0.3, -0.25) is 9.59 Å². The molecule has 6 heteroatoms. The third-order valence-electron chi connectivity index (χ3n) is 4.98. The molecule has 0 saturated carbocycles. The highest BCUT2D eigenvalue weighted by Gasteiger charge is 2.33. The van der Waals surface area contributed by atoms with Crippen molar-refractivity contribution in [2.45, 2.75) is 19.4 Å². The summed E-state index contributed by atoms with van der Waals surface area (Å²) in [6.45, 7) is 6.70. The van der Waals surface area contributed by atoms with E-state index in [1.54, 1.807) is 17.4 Å². The molecule has 148 valence electrons. The lowest BCUT2D eigenvalue weighted by molar-refractivity contribution is -0.143. The van der Waals surface area contributed by atoms with Gasteiger partial charge in [-0.25, -0.2) is 0 Å². The first-order valence-corrected chi connectivity index (χ1v) is 10.2. The third-order valence-corrected chi connectivity index (χ3v) is 5.97. The highest BCUT2D eigenvalue weighted by molar-refractivity contribution is 7.10. The Morgan fingerprint density at radius 3 is 2.75 bits per heavy atom. The average Bonchev–Trinajstić information content (AvgIpc) is 3.16. The molecule has 1 aliphatic heterocycles. The molecule has 0 fully saturated rings.